The highest BCUT2D eigenvalue weighted by atomic mass is 32.1. The van der Waals surface area contributed by atoms with Gasteiger partial charge in [-0.25, -0.2) is 9.59 Å². The molecule has 0 saturated heterocycles. The Bertz CT molecular complexity index is 1480. The molecule has 4 aromatic rings. The smallest absolute Gasteiger partial charge is 0.407 e. The first-order chi connectivity index (χ1) is 19.5. The SMILES string of the molecule is COc1ccc(COc2cc(C[C@H](NC(=O)OCC3c4ccccc4-c4ccccc43)C(=O)O)on2)c(OC)c1.S. The van der Waals surface area contributed by atoms with Crippen molar-refractivity contribution in [2.75, 3.05) is 20.8 Å². The number of aromatic nitrogens is 1. The van der Waals surface area contributed by atoms with E-state index < -0.39 is 18.1 Å². The van der Waals surface area contributed by atoms with Crippen LogP contribution in [-0.2, 0) is 22.6 Å². The second-order valence-electron chi connectivity index (χ2n) is 9.16. The normalized spacial score (nSPS) is 12.3. The first-order valence-electron chi connectivity index (χ1n) is 12.6. The molecule has 1 atom stereocenters. The highest BCUT2D eigenvalue weighted by Crippen LogP contribution is 2.44. The van der Waals surface area contributed by atoms with E-state index in [4.69, 9.17) is 23.5 Å². The van der Waals surface area contributed by atoms with E-state index in [2.05, 4.69) is 10.5 Å². The summed E-state index contributed by atoms with van der Waals surface area (Å²) in [5.74, 6) is 0.241. The van der Waals surface area contributed by atoms with Gasteiger partial charge in [0, 0.05) is 30.0 Å². The molecule has 0 unspecified atom stereocenters. The topological polar surface area (TPSA) is 129 Å². The highest BCUT2D eigenvalue weighted by molar-refractivity contribution is 7.59. The van der Waals surface area contributed by atoms with Crippen LogP contribution in [0.5, 0.6) is 17.4 Å². The fourth-order valence-corrected chi connectivity index (χ4v) is 4.76. The van der Waals surface area contributed by atoms with E-state index in [1.54, 1.807) is 32.4 Å². The molecule has 2 N–H and O–H groups in total. The number of fused-ring (bicyclic) bond motifs is 3. The number of benzene rings is 3. The summed E-state index contributed by atoms with van der Waals surface area (Å²) >= 11 is 0. The minimum absolute atomic E-state index is 0. The largest absolute Gasteiger partial charge is 0.497 e. The van der Waals surface area contributed by atoms with Crippen molar-refractivity contribution in [2.24, 2.45) is 0 Å². The number of carbonyl (C=O) groups is 2. The van der Waals surface area contributed by atoms with Gasteiger partial charge < -0.3 is 33.9 Å². The van der Waals surface area contributed by atoms with Gasteiger partial charge in [-0.05, 0) is 39.5 Å². The molecule has 5 rings (SSSR count). The minimum Gasteiger partial charge on any atom is -0.497 e. The van der Waals surface area contributed by atoms with E-state index in [-0.39, 0.29) is 50.7 Å². The summed E-state index contributed by atoms with van der Waals surface area (Å²) < 4.78 is 27.0. The summed E-state index contributed by atoms with van der Waals surface area (Å²) in [5, 5.41) is 16.0. The van der Waals surface area contributed by atoms with Crippen LogP contribution in [0, 0.1) is 0 Å². The first kappa shape index (κ1) is 29.3. The molecule has 1 aliphatic rings. The Morgan fingerprint density at radius 2 is 1.66 bits per heavy atom. The van der Waals surface area contributed by atoms with E-state index in [0.29, 0.717) is 11.5 Å². The van der Waals surface area contributed by atoms with Crippen LogP contribution in [0.2, 0.25) is 0 Å². The first-order valence-corrected chi connectivity index (χ1v) is 12.6. The van der Waals surface area contributed by atoms with Gasteiger partial charge in [0.05, 0.1) is 14.2 Å². The average Bonchev–Trinajstić information content (AvgIpc) is 3.56. The van der Waals surface area contributed by atoms with Gasteiger partial charge in [-0.3, -0.25) is 0 Å². The number of nitrogens with zero attached hydrogens (tertiary/aromatic N) is 1. The lowest BCUT2D eigenvalue weighted by Crippen LogP contribution is -2.42. The number of nitrogens with one attached hydrogen (secondary N) is 1. The van der Waals surface area contributed by atoms with Crippen LogP contribution in [0.15, 0.2) is 77.3 Å². The number of carbonyl (C=O) groups excluding carboxylic acids is 1. The van der Waals surface area contributed by atoms with Crippen molar-refractivity contribution >= 4 is 25.6 Å². The lowest BCUT2D eigenvalue weighted by Gasteiger charge is -2.17. The third-order valence-corrected chi connectivity index (χ3v) is 6.75. The fraction of sp³-hybridized carbons (Fsp3) is 0.233. The minimum atomic E-state index is -1.29. The number of methoxy groups -OCH3 is 2. The Kier molecular flexibility index (Phi) is 9.41. The average molecular weight is 579 g/mol. The van der Waals surface area contributed by atoms with Gasteiger partial charge in [0.25, 0.3) is 5.88 Å². The molecule has 1 aliphatic carbocycles. The third-order valence-electron chi connectivity index (χ3n) is 6.75. The summed E-state index contributed by atoms with van der Waals surface area (Å²) in [4.78, 5) is 24.5. The molecule has 0 radical (unpaired) electrons. The summed E-state index contributed by atoms with van der Waals surface area (Å²) in [6.45, 7) is 0.209. The number of aliphatic carboxylic acids is 1. The van der Waals surface area contributed by atoms with Gasteiger partial charge in [0.15, 0.2) is 0 Å². The van der Waals surface area contributed by atoms with Crippen LogP contribution in [-0.4, -0.2) is 49.2 Å². The van der Waals surface area contributed by atoms with Crippen molar-refractivity contribution in [3.05, 3.63) is 95.2 Å². The number of hydrogen-bond acceptors (Lipinski definition) is 8. The Morgan fingerprint density at radius 3 is 2.29 bits per heavy atom. The lowest BCUT2D eigenvalue weighted by atomic mass is 9.98. The van der Waals surface area contributed by atoms with Gasteiger partial charge in [0.2, 0.25) is 0 Å². The lowest BCUT2D eigenvalue weighted by molar-refractivity contribution is -0.139. The highest BCUT2D eigenvalue weighted by Gasteiger charge is 2.30. The molecule has 1 amide bonds. The van der Waals surface area contributed by atoms with Crippen LogP contribution in [0.3, 0.4) is 0 Å². The number of carboxylic acid groups (broad SMARTS) is 1. The van der Waals surface area contributed by atoms with Crippen LogP contribution in [0.1, 0.15) is 28.4 Å². The molecule has 1 aromatic heterocycles. The summed E-state index contributed by atoms with van der Waals surface area (Å²) in [5.41, 5.74) is 5.09. The second-order valence-corrected chi connectivity index (χ2v) is 9.16. The van der Waals surface area contributed by atoms with Crippen molar-refractivity contribution in [2.45, 2.75) is 25.0 Å². The van der Waals surface area contributed by atoms with Crippen LogP contribution >= 0.6 is 13.5 Å². The van der Waals surface area contributed by atoms with Crippen molar-refractivity contribution < 1.29 is 38.2 Å². The quantitative estimate of drug-likeness (QED) is 0.255. The molecule has 0 bridgehead atoms. The maximum absolute atomic E-state index is 12.6. The zero-order valence-corrected chi connectivity index (χ0v) is 23.5. The predicted molar refractivity (Wildman–Crippen MR) is 154 cm³/mol. The molecule has 1 heterocycles. The van der Waals surface area contributed by atoms with Crippen molar-refractivity contribution in [3.8, 4) is 28.5 Å². The molecule has 0 spiro atoms. The van der Waals surface area contributed by atoms with Crippen molar-refractivity contribution in [1.82, 2.24) is 10.5 Å². The molecule has 3 aromatic carbocycles. The molecular formula is C30H30N2O8S. The Hall–Kier alpha value is -4.64. The predicted octanol–water partition coefficient (Wildman–Crippen LogP) is 4.92. The van der Waals surface area contributed by atoms with E-state index >= 15 is 0 Å². The van der Waals surface area contributed by atoms with Gasteiger partial charge in [-0.2, -0.15) is 13.5 Å². The molecule has 214 valence electrons. The molecule has 0 fully saturated rings. The number of amides is 1. The van der Waals surface area contributed by atoms with E-state index in [0.717, 1.165) is 27.8 Å². The van der Waals surface area contributed by atoms with Gasteiger partial charge in [-0.15, -0.1) is 0 Å². The molecular weight excluding hydrogens is 548 g/mol. The van der Waals surface area contributed by atoms with E-state index in [9.17, 15) is 14.7 Å². The Labute approximate surface area is 243 Å². The molecule has 10 nitrogen and oxygen atoms in total. The van der Waals surface area contributed by atoms with Gasteiger partial charge >= 0.3 is 12.1 Å². The molecule has 0 aliphatic heterocycles. The molecule has 41 heavy (non-hydrogen) atoms. The Morgan fingerprint density at radius 1 is 0.976 bits per heavy atom. The van der Waals surface area contributed by atoms with Gasteiger partial charge in [-0.1, -0.05) is 48.5 Å². The number of alkyl carbamates (subject to hydrolysis) is 1. The van der Waals surface area contributed by atoms with E-state index in [1.807, 2.05) is 48.5 Å². The maximum Gasteiger partial charge on any atom is 0.407 e. The van der Waals surface area contributed by atoms with Gasteiger partial charge in [0.1, 0.15) is 36.5 Å². The summed E-state index contributed by atoms with van der Waals surface area (Å²) in [6.07, 6.45) is -0.987. The van der Waals surface area contributed by atoms with E-state index in [1.165, 1.54) is 6.07 Å². The van der Waals surface area contributed by atoms with Crippen molar-refractivity contribution in [3.63, 3.8) is 0 Å². The maximum atomic E-state index is 12.6. The van der Waals surface area contributed by atoms with Crippen LogP contribution in [0.4, 0.5) is 4.79 Å². The third kappa shape index (κ3) is 6.58. The molecule has 11 heteroatoms. The number of ether oxygens (including phenoxy) is 4. The van der Waals surface area contributed by atoms with Crippen LogP contribution in [0.25, 0.3) is 11.1 Å². The van der Waals surface area contributed by atoms with Crippen molar-refractivity contribution in [1.29, 1.82) is 0 Å². The zero-order chi connectivity index (χ0) is 28.1. The van der Waals surface area contributed by atoms with Crippen LogP contribution < -0.4 is 19.5 Å². The summed E-state index contributed by atoms with van der Waals surface area (Å²) in [7, 11) is 3.11. The monoisotopic (exact) mass is 578 g/mol. The molecule has 0 saturated carbocycles. The number of hydrogen-bond donors (Lipinski definition) is 2. The number of rotatable bonds is 11. The second kappa shape index (κ2) is 13.1. The standard InChI is InChI=1S/C30H28N2O8.H2S/c1-36-19-12-11-18(27(14-19)37-2)16-38-28-15-20(40-32-28)13-26(29(33)34)31-30(35)39-17-25-23-9-5-3-7-21(23)22-8-4-6-10-24(22)25;/h3-12,14-15,25-26H,13,16-17H2,1-2H3,(H,31,35)(H,33,34);1H2/t26-;/m0./s1. The number of carboxylic acids is 1. The Balaban J connectivity index is 0.00000387. The fourth-order valence-electron chi connectivity index (χ4n) is 4.76. The zero-order valence-electron chi connectivity index (χ0n) is 22.5. The summed E-state index contributed by atoms with van der Waals surface area (Å²) in [6, 6.07) is 21.4.